The Labute approximate surface area is 170 Å². The first-order valence-electron chi connectivity index (χ1n) is 9.59. The average Bonchev–Trinajstić information content (AvgIpc) is 3.28. The van der Waals surface area contributed by atoms with Gasteiger partial charge in [0.2, 0.25) is 5.13 Å². The van der Waals surface area contributed by atoms with Gasteiger partial charge in [-0.05, 0) is 12.8 Å². The molecule has 1 aliphatic heterocycles. The topological polar surface area (TPSA) is 72.8 Å². The van der Waals surface area contributed by atoms with Crippen LogP contribution in [-0.2, 0) is 14.3 Å². The third-order valence-electron chi connectivity index (χ3n) is 4.38. The lowest BCUT2D eigenvalue weighted by Crippen LogP contribution is -2.17. The molecule has 0 aliphatic carbocycles. The minimum absolute atomic E-state index is 0.149. The van der Waals surface area contributed by atoms with E-state index in [0.717, 1.165) is 22.1 Å². The van der Waals surface area contributed by atoms with Gasteiger partial charge in [0.05, 0.1) is 18.2 Å². The van der Waals surface area contributed by atoms with E-state index in [1.807, 2.05) is 42.6 Å². The number of hydrazone groups is 1. The summed E-state index contributed by atoms with van der Waals surface area (Å²) in [4.78, 5) is 16.6. The van der Waals surface area contributed by atoms with Crippen LogP contribution in [0.2, 0.25) is 0 Å². The summed E-state index contributed by atoms with van der Waals surface area (Å²) in [6, 6.07) is 10.0. The number of nitrogens with one attached hydrogen (secondary N) is 1. The number of esters is 1. The van der Waals surface area contributed by atoms with Crippen LogP contribution in [0.1, 0.15) is 33.6 Å². The number of benzene rings is 1. The Morgan fingerprint density at radius 1 is 1.39 bits per heavy atom. The molecule has 0 radical (unpaired) electrons. The molecule has 2 aromatic rings. The molecular formula is C21H27N3O3S. The van der Waals surface area contributed by atoms with E-state index in [1.54, 1.807) is 0 Å². The highest BCUT2D eigenvalue weighted by atomic mass is 32.1. The maximum absolute atomic E-state index is 12.1. The number of ether oxygens (including phenoxy) is 2. The maximum Gasteiger partial charge on any atom is 0.309 e. The largest absolute Gasteiger partial charge is 0.460 e. The van der Waals surface area contributed by atoms with Gasteiger partial charge in [-0.3, -0.25) is 10.2 Å². The fraction of sp³-hybridized carbons (Fsp3) is 0.476. The summed E-state index contributed by atoms with van der Waals surface area (Å²) in [7, 11) is 0. The fourth-order valence-electron chi connectivity index (χ4n) is 3.04. The highest BCUT2D eigenvalue weighted by Gasteiger charge is 2.34. The standard InChI is InChI=1S/C21H27N3O3S/c1-14(2)11-26-12-18-10-17(20(25)27-18)9-15(3)23-24-21-22-19(13-28-21)16-7-5-4-6-8-16/h4-8,13-14,17-18H,9-12H2,1-3H3,(H,22,24)/b23-15-/t17-,18-/m1/s1. The average molecular weight is 402 g/mol. The molecule has 2 heterocycles. The molecule has 1 saturated heterocycles. The Morgan fingerprint density at radius 2 is 2.18 bits per heavy atom. The number of thiazole rings is 1. The van der Waals surface area contributed by atoms with Crippen molar-refractivity contribution in [2.45, 2.75) is 39.7 Å². The molecule has 1 N–H and O–H groups in total. The van der Waals surface area contributed by atoms with Crippen molar-refractivity contribution >= 4 is 28.1 Å². The number of carbonyl (C=O) groups excluding carboxylic acids is 1. The van der Waals surface area contributed by atoms with Crippen molar-refractivity contribution < 1.29 is 14.3 Å². The van der Waals surface area contributed by atoms with E-state index in [-0.39, 0.29) is 18.0 Å². The Kier molecular flexibility index (Phi) is 7.17. The lowest BCUT2D eigenvalue weighted by molar-refractivity contribution is -0.146. The predicted octanol–water partition coefficient (Wildman–Crippen LogP) is 4.59. The smallest absolute Gasteiger partial charge is 0.309 e. The monoisotopic (exact) mass is 401 g/mol. The van der Waals surface area contributed by atoms with Crippen molar-refractivity contribution in [3.8, 4) is 11.3 Å². The SMILES string of the molecule is C/C(C[C@@H]1C[C@H](COCC(C)C)OC1=O)=N/Nc1nc(-c2ccccc2)cs1. The number of nitrogens with zero attached hydrogens (tertiary/aromatic N) is 2. The van der Waals surface area contributed by atoms with Crippen LogP contribution in [-0.4, -0.2) is 36.0 Å². The van der Waals surface area contributed by atoms with Crippen molar-refractivity contribution in [1.82, 2.24) is 4.98 Å². The van der Waals surface area contributed by atoms with Gasteiger partial charge in [-0.25, -0.2) is 4.98 Å². The second-order valence-corrected chi connectivity index (χ2v) is 8.35. The van der Waals surface area contributed by atoms with Gasteiger partial charge in [0, 0.05) is 36.1 Å². The van der Waals surface area contributed by atoms with Crippen LogP contribution in [0.15, 0.2) is 40.8 Å². The molecule has 0 unspecified atom stereocenters. The van der Waals surface area contributed by atoms with Gasteiger partial charge in [0.25, 0.3) is 0 Å². The van der Waals surface area contributed by atoms with Gasteiger partial charge in [-0.2, -0.15) is 5.10 Å². The first-order chi connectivity index (χ1) is 13.5. The zero-order valence-electron chi connectivity index (χ0n) is 16.6. The van der Waals surface area contributed by atoms with Crippen LogP contribution in [0.25, 0.3) is 11.3 Å². The first-order valence-corrected chi connectivity index (χ1v) is 10.5. The third kappa shape index (κ3) is 5.87. The predicted molar refractivity (Wildman–Crippen MR) is 113 cm³/mol. The van der Waals surface area contributed by atoms with Gasteiger partial charge in [-0.1, -0.05) is 44.2 Å². The quantitative estimate of drug-likeness (QED) is 0.378. The molecule has 0 saturated carbocycles. The normalized spacial score (nSPS) is 19.9. The summed E-state index contributed by atoms with van der Waals surface area (Å²) >= 11 is 1.50. The van der Waals surface area contributed by atoms with Crippen molar-refractivity contribution in [2.24, 2.45) is 16.9 Å². The molecular weight excluding hydrogens is 374 g/mol. The van der Waals surface area contributed by atoms with E-state index in [4.69, 9.17) is 9.47 Å². The van der Waals surface area contributed by atoms with Crippen LogP contribution >= 0.6 is 11.3 Å². The van der Waals surface area contributed by atoms with Gasteiger partial charge in [-0.15, -0.1) is 11.3 Å². The molecule has 1 aromatic heterocycles. The summed E-state index contributed by atoms with van der Waals surface area (Å²) in [6.45, 7) is 7.26. The van der Waals surface area contributed by atoms with Crippen LogP contribution in [0.4, 0.5) is 5.13 Å². The molecule has 6 nitrogen and oxygen atoms in total. The number of hydrogen-bond acceptors (Lipinski definition) is 7. The number of rotatable bonds is 9. The summed E-state index contributed by atoms with van der Waals surface area (Å²) in [6.07, 6.45) is 1.10. The Bertz CT molecular complexity index is 804. The second-order valence-electron chi connectivity index (χ2n) is 7.49. The Morgan fingerprint density at radius 3 is 2.93 bits per heavy atom. The lowest BCUT2D eigenvalue weighted by Gasteiger charge is -2.11. The highest BCUT2D eigenvalue weighted by molar-refractivity contribution is 7.14. The van der Waals surface area contributed by atoms with Gasteiger partial charge >= 0.3 is 5.97 Å². The van der Waals surface area contributed by atoms with Gasteiger partial charge in [0.1, 0.15) is 6.10 Å². The van der Waals surface area contributed by atoms with Gasteiger partial charge < -0.3 is 9.47 Å². The highest BCUT2D eigenvalue weighted by Crippen LogP contribution is 2.26. The summed E-state index contributed by atoms with van der Waals surface area (Å²) < 4.78 is 11.0. The third-order valence-corrected chi connectivity index (χ3v) is 5.12. The lowest BCUT2D eigenvalue weighted by atomic mass is 9.99. The number of cyclic esters (lactones) is 1. The van der Waals surface area contributed by atoms with Crippen LogP contribution in [0.5, 0.6) is 0 Å². The number of carbonyl (C=O) groups is 1. The molecule has 1 fully saturated rings. The molecule has 3 rings (SSSR count). The van der Waals surface area contributed by atoms with E-state index in [0.29, 0.717) is 32.0 Å². The molecule has 0 spiro atoms. The summed E-state index contributed by atoms with van der Waals surface area (Å²) in [5.74, 6) is 0.157. The minimum Gasteiger partial charge on any atom is -0.460 e. The number of aromatic nitrogens is 1. The van der Waals surface area contributed by atoms with E-state index in [2.05, 4.69) is 29.4 Å². The van der Waals surface area contributed by atoms with Crippen molar-refractivity contribution in [2.75, 3.05) is 18.6 Å². The van der Waals surface area contributed by atoms with E-state index in [9.17, 15) is 4.79 Å². The van der Waals surface area contributed by atoms with Crippen molar-refractivity contribution in [3.63, 3.8) is 0 Å². The number of hydrogen-bond donors (Lipinski definition) is 1. The molecule has 28 heavy (non-hydrogen) atoms. The Hall–Kier alpha value is -2.25. The molecule has 7 heteroatoms. The summed E-state index contributed by atoms with van der Waals surface area (Å²) in [5.41, 5.74) is 5.85. The van der Waals surface area contributed by atoms with E-state index in [1.165, 1.54) is 11.3 Å². The fourth-order valence-corrected chi connectivity index (χ4v) is 3.70. The van der Waals surface area contributed by atoms with Crippen molar-refractivity contribution in [1.29, 1.82) is 0 Å². The number of anilines is 1. The van der Waals surface area contributed by atoms with Crippen molar-refractivity contribution in [3.05, 3.63) is 35.7 Å². The minimum atomic E-state index is -0.159. The summed E-state index contributed by atoms with van der Waals surface area (Å²) in [5, 5.41) is 7.11. The molecule has 2 atom stereocenters. The Balaban J connectivity index is 1.48. The zero-order valence-corrected chi connectivity index (χ0v) is 17.4. The molecule has 0 amide bonds. The molecule has 1 aliphatic rings. The van der Waals surface area contributed by atoms with Crippen LogP contribution in [0, 0.1) is 11.8 Å². The molecule has 150 valence electrons. The van der Waals surface area contributed by atoms with Gasteiger partial charge in [0.15, 0.2) is 0 Å². The second kappa shape index (κ2) is 9.80. The first kappa shape index (κ1) is 20.5. The zero-order chi connectivity index (χ0) is 19.9. The van der Waals surface area contributed by atoms with E-state index < -0.39 is 0 Å². The van der Waals surface area contributed by atoms with E-state index >= 15 is 0 Å². The van der Waals surface area contributed by atoms with Crippen LogP contribution < -0.4 is 5.43 Å². The van der Waals surface area contributed by atoms with Crippen LogP contribution in [0.3, 0.4) is 0 Å². The molecule has 1 aromatic carbocycles. The maximum atomic E-state index is 12.1. The molecule has 0 bridgehead atoms.